The van der Waals surface area contributed by atoms with Gasteiger partial charge in [0.2, 0.25) is 0 Å². The predicted molar refractivity (Wildman–Crippen MR) is 76.6 cm³/mol. The predicted octanol–water partition coefficient (Wildman–Crippen LogP) is 1.73. The number of rotatable bonds is 7. The second-order valence-electron chi connectivity index (χ2n) is 4.62. The zero-order valence-electron chi connectivity index (χ0n) is 11.4. The van der Waals surface area contributed by atoms with E-state index in [4.69, 9.17) is 0 Å². The molecule has 19 heavy (non-hydrogen) atoms. The van der Waals surface area contributed by atoms with Crippen LogP contribution in [0.2, 0.25) is 0 Å². The normalized spacial score (nSPS) is 12.6. The number of hydrogen-bond acceptors (Lipinski definition) is 5. The van der Waals surface area contributed by atoms with E-state index >= 15 is 0 Å². The van der Waals surface area contributed by atoms with Gasteiger partial charge in [0.25, 0.3) is 0 Å². The molecule has 6 nitrogen and oxygen atoms in total. The number of aliphatic hydroxyl groups excluding tert-OH is 1. The molecule has 0 amide bonds. The van der Waals surface area contributed by atoms with Gasteiger partial charge in [-0.15, -0.1) is 0 Å². The highest BCUT2D eigenvalue weighted by molar-refractivity contribution is 5.65. The molecule has 0 fully saturated rings. The molecular weight excluding hydrogens is 242 g/mol. The Morgan fingerprint density at radius 2 is 2.21 bits per heavy atom. The molecule has 1 unspecified atom stereocenters. The number of aliphatic hydroxyl groups is 1. The minimum atomic E-state index is -0.315. The van der Waals surface area contributed by atoms with Crippen molar-refractivity contribution in [1.82, 2.24) is 14.4 Å². The van der Waals surface area contributed by atoms with Crippen LogP contribution in [-0.2, 0) is 0 Å². The van der Waals surface area contributed by atoms with Gasteiger partial charge in [-0.25, -0.2) is 9.97 Å². The summed E-state index contributed by atoms with van der Waals surface area (Å²) in [5, 5.41) is 15.8. The lowest BCUT2D eigenvalue weighted by Crippen LogP contribution is -2.13. The second-order valence-corrected chi connectivity index (χ2v) is 4.62. The summed E-state index contributed by atoms with van der Waals surface area (Å²) in [5.74, 6) is 1.57. The average molecular weight is 263 g/mol. The zero-order valence-corrected chi connectivity index (χ0v) is 11.4. The van der Waals surface area contributed by atoms with Gasteiger partial charge in [-0.05, 0) is 19.8 Å². The molecule has 6 heteroatoms. The highest BCUT2D eigenvalue weighted by Gasteiger charge is 2.07. The molecule has 3 N–H and O–H groups in total. The monoisotopic (exact) mass is 263 g/mol. The van der Waals surface area contributed by atoms with Crippen molar-refractivity contribution in [3.8, 4) is 0 Å². The number of nitrogens with one attached hydrogen (secondary N) is 2. The molecule has 2 aromatic rings. The Kier molecular flexibility index (Phi) is 4.57. The number of nitrogens with zero attached hydrogens (tertiary/aromatic N) is 3. The van der Waals surface area contributed by atoms with Gasteiger partial charge in [0.05, 0.1) is 12.3 Å². The maximum absolute atomic E-state index is 9.28. The molecule has 2 heterocycles. The summed E-state index contributed by atoms with van der Waals surface area (Å²) in [6, 6.07) is 0. The Bertz CT molecular complexity index is 523. The lowest BCUT2D eigenvalue weighted by molar-refractivity contribution is 0.188. The Labute approximate surface area is 112 Å². The van der Waals surface area contributed by atoms with Crippen LogP contribution in [-0.4, -0.2) is 38.7 Å². The van der Waals surface area contributed by atoms with Crippen molar-refractivity contribution in [2.24, 2.45) is 0 Å². The van der Waals surface area contributed by atoms with Crippen LogP contribution in [0.25, 0.3) is 5.65 Å². The van der Waals surface area contributed by atoms with Crippen LogP contribution in [0.15, 0.2) is 18.6 Å². The van der Waals surface area contributed by atoms with Crippen LogP contribution in [0.5, 0.6) is 0 Å². The van der Waals surface area contributed by atoms with Crippen molar-refractivity contribution in [3.63, 3.8) is 0 Å². The van der Waals surface area contributed by atoms with Crippen LogP contribution in [0.4, 0.5) is 11.6 Å². The standard InChI is InChI=1S/C13H21N5O/c1-3-5-14-11-9-18-8-7-16-13(18)12(17-11)15-6-4-10(2)19/h7-10,14,19H,3-6H2,1-2H3,(H,15,17). The molecule has 1 atom stereocenters. The fourth-order valence-corrected chi connectivity index (χ4v) is 1.79. The third-order valence-electron chi connectivity index (χ3n) is 2.78. The number of anilines is 2. The van der Waals surface area contributed by atoms with Crippen molar-refractivity contribution in [3.05, 3.63) is 18.6 Å². The van der Waals surface area contributed by atoms with Gasteiger partial charge < -0.3 is 20.1 Å². The molecule has 0 aliphatic carbocycles. The molecule has 0 aliphatic rings. The third kappa shape index (κ3) is 3.57. The van der Waals surface area contributed by atoms with E-state index in [9.17, 15) is 5.11 Å². The zero-order chi connectivity index (χ0) is 13.7. The van der Waals surface area contributed by atoms with Gasteiger partial charge >= 0.3 is 0 Å². The summed E-state index contributed by atoms with van der Waals surface area (Å²) in [7, 11) is 0. The Balaban J connectivity index is 2.16. The smallest absolute Gasteiger partial charge is 0.180 e. The van der Waals surface area contributed by atoms with Gasteiger partial charge in [-0.1, -0.05) is 6.92 Å². The fourth-order valence-electron chi connectivity index (χ4n) is 1.79. The van der Waals surface area contributed by atoms with Gasteiger partial charge in [-0.2, -0.15) is 0 Å². The second kappa shape index (κ2) is 6.38. The molecule has 0 spiro atoms. The molecule has 0 saturated carbocycles. The van der Waals surface area contributed by atoms with Crippen LogP contribution < -0.4 is 10.6 Å². The van der Waals surface area contributed by atoms with Gasteiger partial charge in [0.1, 0.15) is 5.82 Å². The lowest BCUT2D eigenvalue weighted by Gasteiger charge is -2.11. The summed E-state index contributed by atoms with van der Waals surface area (Å²) in [4.78, 5) is 8.81. The molecule has 2 aromatic heterocycles. The lowest BCUT2D eigenvalue weighted by atomic mass is 10.3. The van der Waals surface area contributed by atoms with Crippen molar-refractivity contribution in [2.75, 3.05) is 23.7 Å². The first kappa shape index (κ1) is 13.6. The Hall–Kier alpha value is -1.82. The Morgan fingerprint density at radius 3 is 2.95 bits per heavy atom. The number of aromatic nitrogens is 3. The summed E-state index contributed by atoms with van der Waals surface area (Å²) >= 11 is 0. The van der Waals surface area contributed by atoms with E-state index in [1.54, 1.807) is 13.1 Å². The molecular formula is C13H21N5O. The number of hydrogen-bond donors (Lipinski definition) is 3. The molecule has 0 bridgehead atoms. The minimum absolute atomic E-state index is 0.315. The quantitative estimate of drug-likeness (QED) is 0.709. The number of imidazole rings is 1. The van der Waals surface area contributed by atoms with E-state index in [2.05, 4.69) is 27.5 Å². The van der Waals surface area contributed by atoms with Crippen molar-refractivity contribution in [1.29, 1.82) is 0 Å². The molecule has 2 rings (SSSR count). The van der Waals surface area contributed by atoms with Crippen LogP contribution >= 0.6 is 0 Å². The van der Waals surface area contributed by atoms with Gasteiger partial charge in [0, 0.05) is 25.5 Å². The first-order valence-electron chi connectivity index (χ1n) is 6.70. The van der Waals surface area contributed by atoms with Gasteiger partial charge in [-0.3, -0.25) is 0 Å². The van der Waals surface area contributed by atoms with Crippen molar-refractivity contribution in [2.45, 2.75) is 32.8 Å². The van der Waals surface area contributed by atoms with Crippen molar-refractivity contribution < 1.29 is 5.11 Å². The van der Waals surface area contributed by atoms with Crippen LogP contribution in [0, 0.1) is 0 Å². The molecule has 0 aliphatic heterocycles. The van der Waals surface area contributed by atoms with E-state index in [0.29, 0.717) is 13.0 Å². The van der Waals surface area contributed by atoms with E-state index in [-0.39, 0.29) is 6.10 Å². The topological polar surface area (TPSA) is 74.5 Å². The van der Waals surface area contributed by atoms with Crippen molar-refractivity contribution >= 4 is 17.3 Å². The largest absolute Gasteiger partial charge is 0.393 e. The van der Waals surface area contributed by atoms with E-state index < -0.39 is 0 Å². The first-order valence-corrected chi connectivity index (χ1v) is 6.70. The molecule has 0 aromatic carbocycles. The molecule has 0 radical (unpaired) electrons. The summed E-state index contributed by atoms with van der Waals surface area (Å²) in [6.07, 6.45) is 6.99. The van der Waals surface area contributed by atoms with Crippen LogP contribution in [0.1, 0.15) is 26.7 Å². The molecule has 0 saturated heterocycles. The SMILES string of the molecule is CCCNc1cn2ccnc2c(NCCC(C)O)n1. The first-order chi connectivity index (χ1) is 9.20. The third-order valence-corrected chi connectivity index (χ3v) is 2.78. The average Bonchev–Trinajstić information content (AvgIpc) is 2.84. The fraction of sp³-hybridized carbons (Fsp3) is 0.538. The Morgan fingerprint density at radius 1 is 1.37 bits per heavy atom. The maximum atomic E-state index is 9.28. The highest BCUT2D eigenvalue weighted by Crippen LogP contribution is 2.16. The maximum Gasteiger partial charge on any atom is 0.180 e. The van der Waals surface area contributed by atoms with Crippen LogP contribution in [0.3, 0.4) is 0 Å². The van der Waals surface area contributed by atoms with E-state index in [1.165, 1.54) is 0 Å². The highest BCUT2D eigenvalue weighted by atomic mass is 16.3. The minimum Gasteiger partial charge on any atom is -0.393 e. The summed E-state index contributed by atoms with van der Waals surface area (Å²) in [6.45, 7) is 5.45. The van der Waals surface area contributed by atoms with E-state index in [0.717, 1.165) is 30.2 Å². The van der Waals surface area contributed by atoms with Gasteiger partial charge in [0.15, 0.2) is 11.5 Å². The number of fused-ring (bicyclic) bond motifs is 1. The molecule has 104 valence electrons. The summed E-state index contributed by atoms with van der Waals surface area (Å²) in [5.41, 5.74) is 0.799. The summed E-state index contributed by atoms with van der Waals surface area (Å²) < 4.78 is 1.94. The van der Waals surface area contributed by atoms with E-state index in [1.807, 2.05) is 16.8 Å².